The smallest absolute Gasteiger partial charge is 0.410 e. The molecule has 1 saturated heterocycles. The van der Waals surface area contributed by atoms with Gasteiger partial charge >= 0.3 is 6.09 Å². The first kappa shape index (κ1) is 22.0. The number of ether oxygens (including phenoxy) is 2. The Kier molecular flexibility index (Phi) is 6.03. The minimum absolute atomic E-state index is 0.0451. The third kappa shape index (κ3) is 4.89. The number of carbonyl (C=O) groups is 2. The second-order valence-electron chi connectivity index (χ2n) is 8.96. The second-order valence-corrected chi connectivity index (χ2v) is 8.96. The first-order chi connectivity index (χ1) is 14.0. The summed E-state index contributed by atoms with van der Waals surface area (Å²) in [5.41, 5.74) is -1.10. The number of hydrogen-bond donors (Lipinski definition) is 1. The fourth-order valence-electron chi connectivity index (χ4n) is 3.31. The number of carbonyl (C=O) groups excluding carboxylic acids is 2. The summed E-state index contributed by atoms with van der Waals surface area (Å²) in [7, 11) is 0. The molecule has 0 radical (unpaired) electrons. The van der Waals surface area contributed by atoms with E-state index < -0.39 is 29.0 Å². The predicted octanol–water partition coefficient (Wildman–Crippen LogP) is 3.20. The zero-order valence-corrected chi connectivity index (χ0v) is 18.0. The quantitative estimate of drug-likeness (QED) is 0.818. The Balaban J connectivity index is 1.74. The van der Waals surface area contributed by atoms with Crippen LogP contribution in [0.2, 0.25) is 0 Å². The van der Waals surface area contributed by atoms with Crippen LogP contribution in [-0.4, -0.2) is 54.0 Å². The number of para-hydroxylation sites is 1. The maximum absolute atomic E-state index is 13.9. The Bertz CT molecular complexity index is 934. The highest BCUT2D eigenvalue weighted by atomic mass is 19.1. The SMILES string of the molecule is CC(C)(C)OC(=O)N1CCOCC(C(=O)NC(C)(C)c2noc3c(F)cccc23)C1. The van der Waals surface area contributed by atoms with Crippen molar-refractivity contribution in [3.63, 3.8) is 0 Å². The van der Waals surface area contributed by atoms with Gasteiger partial charge in [-0.2, -0.15) is 0 Å². The first-order valence-corrected chi connectivity index (χ1v) is 9.90. The van der Waals surface area contributed by atoms with Gasteiger partial charge in [-0.25, -0.2) is 9.18 Å². The number of hydrogen-bond acceptors (Lipinski definition) is 6. The number of benzene rings is 1. The maximum Gasteiger partial charge on any atom is 0.410 e. The average molecular weight is 421 g/mol. The molecule has 1 unspecified atom stereocenters. The van der Waals surface area contributed by atoms with E-state index in [4.69, 9.17) is 14.0 Å². The summed E-state index contributed by atoms with van der Waals surface area (Å²) in [6.45, 7) is 9.90. The van der Waals surface area contributed by atoms with Crippen LogP contribution in [0.1, 0.15) is 40.3 Å². The Labute approximate surface area is 174 Å². The van der Waals surface area contributed by atoms with E-state index in [1.165, 1.54) is 11.0 Å². The van der Waals surface area contributed by atoms with Crippen molar-refractivity contribution in [3.8, 4) is 0 Å². The highest BCUT2D eigenvalue weighted by Crippen LogP contribution is 2.29. The van der Waals surface area contributed by atoms with Crippen LogP contribution in [0.5, 0.6) is 0 Å². The molecule has 1 N–H and O–H groups in total. The summed E-state index contributed by atoms with van der Waals surface area (Å²) in [5.74, 6) is -1.41. The van der Waals surface area contributed by atoms with E-state index in [1.807, 2.05) is 0 Å². The van der Waals surface area contributed by atoms with E-state index in [-0.39, 0.29) is 24.6 Å². The van der Waals surface area contributed by atoms with E-state index in [0.717, 1.165) is 0 Å². The van der Waals surface area contributed by atoms with E-state index in [9.17, 15) is 14.0 Å². The number of aromatic nitrogens is 1. The second kappa shape index (κ2) is 8.22. The molecule has 1 atom stereocenters. The predicted molar refractivity (Wildman–Crippen MR) is 107 cm³/mol. The van der Waals surface area contributed by atoms with Crippen LogP contribution >= 0.6 is 0 Å². The molecule has 1 fully saturated rings. The average Bonchev–Trinajstić information content (AvgIpc) is 2.92. The third-order valence-corrected chi connectivity index (χ3v) is 4.77. The fourth-order valence-corrected chi connectivity index (χ4v) is 3.31. The van der Waals surface area contributed by atoms with Gasteiger partial charge in [0.1, 0.15) is 11.3 Å². The van der Waals surface area contributed by atoms with Gasteiger partial charge in [0.2, 0.25) is 11.5 Å². The molecule has 1 aliphatic heterocycles. The van der Waals surface area contributed by atoms with Gasteiger partial charge in [-0.1, -0.05) is 11.2 Å². The molecule has 0 saturated carbocycles. The summed E-state index contributed by atoms with van der Waals surface area (Å²) in [4.78, 5) is 26.9. The standard InChI is InChI=1S/C21H28FN3O5/c1-20(2,3)29-19(27)25-9-10-28-12-13(11-25)18(26)23-21(4,5)17-14-7-6-8-15(22)16(14)30-24-17/h6-8,13H,9-12H2,1-5H3,(H,23,26). The molecular weight excluding hydrogens is 393 g/mol. The topological polar surface area (TPSA) is 93.9 Å². The minimum atomic E-state index is -0.931. The Morgan fingerprint density at radius 1 is 1.27 bits per heavy atom. The molecule has 8 nitrogen and oxygen atoms in total. The van der Waals surface area contributed by atoms with Gasteiger partial charge < -0.3 is 24.2 Å². The van der Waals surface area contributed by atoms with Gasteiger partial charge in [0.25, 0.3) is 0 Å². The molecule has 9 heteroatoms. The van der Waals surface area contributed by atoms with Crippen molar-refractivity contribution in [1.82, 2.24) is 15.4 Å². The number of nitrogens with one attached hydrogen (secondary N) is 1. The molecular formula is C21H28FN3O5. The van der Waals surface area contributed by atoms with Crippen LogP contribution in [0, 0.1) is 11.7 Å². The first-order valence-electron chi connectivity index (χ1n) is 9.90. The number of amides is 2. The largest absolute Gasteiger partial charge is 0.444 e. The molecule has 3 rings (SSSR count). The summed E-state index contributed by atoms with van der Waals surface area (Å²) >= 11 is 0. The molecule has 0 aliphatic carbocycles. The summed E-state index contributed by atoms with van der Waals surface area (Å²) in [5, 5.41) is 7.41. The van der Waals surface area contributed by atoms with Gasteiger partial charge in [0, 0.05) is 13.1 Å². The third-order valence-electron chi connectivity index (χ3n) is 4.77. The Morgan fingerprint density at radius 3 is 2.70 bits per heavy atom. The van der Waals surface area contributed by atoms with Crippen LogP contribution in [0.3, 0.4) is 0 Å². The van der Waals surface area contributed by atoms with Gasteiger partial charge in [-0.05, 0) is 46.8 Å². The van der Waals surface area contributed by atoms with Crippen molar-refractivity contribution in [1.29, 1.82) is 0 Å². The van der Waals surface area contributed by atoms with Crippen molar-refractivity contribution in [2.75, 3.05) is 26.3 Å². The number of halogens is 1. The highest BCUT2D eigenvalue weighted by molar-refractivity contribution is 5.84. The lowest BCUT2D eigenvalue weighted by Crippen LogP contribution is -2.48. The van der Waals surface area contributed by atoms with E-state index in [0.29, 0.717) is 24.2 Å². The molecule has 2 aromatic rings. The number of fused-ring (bicyclic) bond motifs is 1. The fraction of sp³-hybridized carbons (Fsp3) is 0.571. The Hall–Kier alpha value is -2.68. The molecule has 1 aromatic carbocycles. The molecule has 2 amide bonds. The summed E-state index contributed by atoms with van der Waals surface area (Å²) in [6.07, 6.45) is -0.483. The van der Waals surface area contributed by atoms with Crippen LogP contribution in [0.25, 0.3) is 11.0 Å². The van der Waals surface area contributed by atoms with Gasteiger partial charge in [-0.15, -0.1) is 0 Å². The molecule has 30 heavy (non-hydrogen) atoms. The van der Waals surface area contributed by atoms with Crippen molar-refractivity contribution in [3.05, 3.63) is 29.7 Å². The minimum Gasteiger partial charge on any atom is -0.444 e. The number of rotatable bonds is 3. The Morgan fingerprint density at radius 2 is 2.00 bits per heavy atom. The van der Waals surface area contributed by atoms with Gasteiger partial charge in [0.05, 0.1) is 30.1 Å². The summed E-state index contributed by atoms with van der Waals surface area (Å²) < 4.78 is 30.0. The van der Waals surface area contributed by atoms with E-state index >= 15 is 0 Å². The zero-order valence-electron chi connectivity index (χ0n) is 18.0. The van der Waals surface area contributed by atoms with E-state index in [1.54, 1.807) is 46.8 Å². The van der Waals surface area contributed by atoms with Crippen LogP contribution < -0.4 is 5.32 Å². The van der Waals surface area contributed by atoms with Crippen molar-refractivity contribution in [2.24, 2.45) is 5.92 Å². The molecule has 2 heterocycles. The summed E-state index contributed by atoms with van der Waals surface area (Å²) in [6, 6.07) is 4.54. The zero-order chi connectivity index (χ0) is 22.1. The molecule has 0 spiro atoms. The van der Waals surface area contributed by atoms with Gasteiger partial charge in [-0.3, -0.25) is 4.79 Å². The van der Waals surface area contributed by atoms with E-state index in [2.05, 4.69) is 10.5 Å². The van der Waals surface area contributed by atoms with Crippen LogP contribution in [-0.2, 0) is 19.8 Å². The molecule has 0 bridgehead atoms. The maximum atomic E-state index is 13.9. The molecule has 164 valence electrons. The number of nitrogens with zero attached hydrogens (tertiary/aromatic N) is 2. The lowest BCUT2D eigenvalue weighted by Gasteiger charge is -2.29. The lowest BCUT2D eigenvalue weighted by molar-refractivity contribution is -0.128. The van der Waals surface area contributed by atoms with Gasteiger partial charge in [0.15, 0.2) is 5.82 Å². The van der Waals surface area contributed by atoms with Crippen LogP contribution in [0.4, 0.5) is 9.18 Å². The normalized spacial score (nSPS) is 18.2. The van der Waals surface area contributed by atoms with Crippen molar-refractivity contribution in [2.45, 2.75) is 45.8 Å². The monoisotopic (exact) mass is 421 g/mol. The molecule has 1 aliphatic rings. The highest BCUT2D eigenvalue weighted by Gasteiger charge is 2.35. The van der Waals surface area contributed by atoms with Crippen molar-refractivity contribution < 1.29 is 28.0 Å². The lowest BCUT2D eigenvalue weighted by atomic mass is 9.95. The van der Waals surface area contributed by atoms with Crippen molar-refractivity contribution >= 4 is 23.0 Å². The molecule has 1 aromatic heterocycles. The van der Waals surface area contributed by atoms with Crippen LogP contribution in [0.15, 0.2) is 22.7 Å².